The average Bonchev–Trinajstić information content (AvgIpc) is 2.20. The minimum Gasteiger partial charge on any atom is -0.306 e. The molecule has 0 aromatic carbocycles. The Morgan fingerprint density at radius 1 is 1.33 bits per heavy atom. The fraction of sp³-hybridized carbons (Fsp3) is 0.600. The summed E-state index contributed by atoms with van der Waals surface area (Å²) in [6.07, 6.45) is 3.98. The van der Waals surface area contributed by atoms with Crippen molar-refractivity contribution in [3.05, 3.63) is 22.2 Å². The van der Waals surface area contributed by atoms with Gasteiger partial charge >= 0.3 is 0 Å². The van der Waals surface area contributed by atoms with Gasteiger partial charge < -0.3 is 4.90 Å². The fourth-order valence-corrected chi connectivity index (χ4v) is 2.40. The maximum atomic E-state index is 6.05. The lowest BCUT2D eigenvalue weighted by Gasteiger charge is -2.29. The van der Waals surface area contributed by atoms with E-state index in [2.05, 4.69) is 21.9 Å². The lowest BCUT2D eigenvalue weighted by atomic mass is 9.91. The molecule has 0 bridgehead atoms. The minimum absolute atomic E-state index is 0.219. The van der Waals surface area contributed by atoms with Gasteiger partial charge in [-0.1, -0.05) is 11.6 Å². The highest BCUT2D eigenvalue weighted by molar-refractivity contribution is 6.32. The molecule has 1 saturated heterocycles. The molecular formula is C10H13Cl2N3. The summed E-state index contributed by atoms with van der Waals surface area (Å²) < 4.78 is 0. The maximum absolute atomic E-state index is 6.05. The Balaban J connectivity index is 2.15. The summed E-state index contributed by atoms with van der Waals surface area (Å²) in [6.45, 7) is 2.20. The summed E-state index contributed by atoms with van der Waals surface area (Å²) >= 11 is 11.7. The van der Waals surface area contributed by atoms with Crippen LogP contribution in [-0.4, -0.2) is 35.0 Å². The predicted molar refractivity (Wildman–Crippen MR) is 61.5 cm³/mol. The molecule has 0 atom stereocenters. The summed E-state index contributed by atoms with van der Waals surface area (Å²) in [4.78, 5) is 10.3. The second-order valence-corrected chi connectivity index (χ2v) is 4.66. The van der Waals surface area contributed by atoms with E-state index in [0.717, 1.165) is 31.5 Å². The Hall–Kier alpha value is -0.380. The van der Waals surface area contributed by atoms with Crippen LogP contribution in [-0.2, 0) is 0 Å². The van der Waals surface area contributed by atoms with Crippen molar-refractivity contribution in [1.29, 1.82) is 0 Å². The van der Waals surface area contributed by atoms with Gasteiger partial charge in [0.2, 0.25) is 5.28 Å². The largest absolute Gasteiger partial charge is 0.306 e. The molecule has 1 aliphatic rings. The van der Waals surface area contributed by atoms with Gasteiger partial charge in [-0.15, -0.1) is 0 Å². The van der Waals surface area contributed by atoms with Crippen LogP contribution >= 0.6 is 23.2 Å². The molecule has 1 aliphatic heterocycles. The zero-order valence-electron chi connectivity index (χ0n) is 8.58. The average molecular weight is 246 g/mol. The first-order valence-electron chi connectivity index (χ1n) is 5.03. The number of rotatable bonds is 1. The van der Waals surface area contributed by atoms with E-state index in [0.29, 0.717) is 11.1 Å². The first-order chi connectivity index (χ1) is 7.16. The zero-order chi connectivity index (χ0) is 10.8. The number of likely N-dealkylation sites (tertiary alicyclic amines) is 1. The maximum Gasteiger partial charge on any atom is 0.223 e. The highest BCUT2D eigenvalue weighted by Crippen LogP contribution is 2.31. The van der Waals surface area contributed by atoms with E-state index in [4.69, 9.17) is 23.2 Å². The van der Waals surface area contributed by atoms with Gasteiger partial charge in [0, 0.05) is 11.8 Å². The van der Waals surface area contributed by atoms with Crippen LogP contribution in [0, 0.1) is 0 Å². The van der Waals surface area contributed by atoms with Crippen molar-refractivity contribution < 1.29 is 0 Å². The van der Waals surface area contributed by atoms with Crippen LogP contribution in [0.5, 0.6) is 0 Å². The molecule has 1 aromatic rings. The molecule has 0 spiro atoms. The van der Waals surface area contributed by atoms with Gasteiger partial charge in [0.05, 0.1) is 0 Å². The zero-order valence-corrected chi connectivity index (χ0v) is 10.1. The van der Waals surface area contributed by atoms with Crippen LogP contribution in [0.15, 0.2) is 6.20 Å². The molecule has 0 aliphatic carbocycles. The van der Waals surface area contributed by atoms with Crippen molar-refractivity contribution in [1.82, 2.24) is 14.9 Å². The first kappa shape index (κ1) is 11.1. The van der Waals surface area contributed by atoms with Crippen molar-refractivity contribution in [2.45, 2.75) is 18.8 Å². The number of hydrogen-bond donors (Lipinski definition) is 0. The predicted octanol–water partition coefficient (Wildman–Crippen LogP) is 2.59. The van der Waals surface area contributed by atoms with Crippen LogP contribution in [0.25, 0.3) is 0 Å². The summed E-state index contributed by atoms with van der Waals surface area (Å²) in [6, 6.07) is 0. The third kappa shape index (κ3) is 2.60. The van der Waals surface area contributed by atoms with Gasteiger partial charge in [0.15, 0.2) is 0 Å². The standard InChI is InChI=1S/C10H13Cl2N3/c1-15-4-2-7(3-5-15)8-6-13-10(12)14-9(8)11/h6-7H,2-5H2,1H3. The van der Waals surface area contributed by atoms with E-state index < -0.39 is 0 Å². The molecule has 0 unspecified atom stereocenters. The Bertz CT molecular complexity index is 349. The molecule has 0 saturated carbocycles. The summed E-state index contributed by atoms with van der Waals surface area (Å²) in [5.74, 6) is 0.478. The van der Waals surface area contributed by atoms with Gasteiger partial charge in [-0.2, -0.15) is 0 Å². The third-order valence-corrected chi connectivity index (χ3v) is 3.38. The van der Waals surface area contributed by atoms with Crippen molar-refractivity contribution in [2.75, 3.05) is 20.1 Å². The highest BCUT2D eigenvalue weighted by atomic mass is 35.5. The Morgan fingerprint density at radius 2 is 2.00 bits per heavy atom. The van der Waals surface area contributed by atoms with Gasteiger partial charge in [-0.25, -0.2) is 9.97 Å². The topological polar surface area (TPSA) is 29.0 Å². The van der Waals surface area contributed by atoms with Gasteiger partial charge in [0.25, 0.3) is 0 Å². The normalized spacial score (nSPS) is 19.4. The molecule has 0 N–H and O–H groups in total. The van der Waals surface area contributed by atoms with E-state index in [1.165, 1.54) is 0 Å². The molecule has 1 fully saturated rings. The number of piperidine rings is 1. The van der Waals surface area contributed by atoms with E-state index in [-0.39, 0.29) is 5.28 Å². The monoisotopic (exact) mass is 245 g/mol. The van der Waals surface area contributed by atoms with Crippen molar-refractivity contribution in [3.8, 4) is 0 Å². The van der Waals surface area contributed by atoms with Crippen LogP contribution in [0.1, 0.15) is 24.3 Å². The van der Waals surface area contributed by atoms with Crippen molar-refractivity contribution in [2.24, 2.45) is 0 Å². The van der Waals surface area contributed by atoms with Gasteiger partial charge in [-0.05, 0) is 50.5 Å². The van der Waals surface area contributed by atoms with E-state index in [9.17, 15) is 0 Å². The van der Waals surface area contributed by atoms with E-state index >= 15 is 0 Å². The SMILES string of the molecule is CN1CCC(c2cnc(Cl)nc2Cl)CC1. The second-order valence-electron chi connectivity index (χ2n) is 3.96. The lowest BCUT2D eigenvalue weighted by Crippen LogP contribution is -2.29. The lowest BCUT2D eigenvalue weighted by molar-refractivity contribution is 0.255. The first-order valence-corrected chi connectivity index (χ1v) is 5.79. The number of halogens is 2. The smallest absolute Gasteiger partial charge is 0.223 e. The Labute approximate surface area is 99.4 Å². The molecule has 0 radical (unpaired) electrons. The third-order valence-electron chi connectivity index (χ3n) is 2.90. The van der Waals surface area contributed by atoms with Gasteiger partial charge in [0.1, 0.15) is 5.15 Å². The van der Waals surface area contributed by atoms with Crippen molar-refractivity contribution in [3.63, 3.8) is 0 Å². The molecule has 0 amide bonds. The van der Waals surface area contributed by atoms with Gasteiger partial charge in [-0.3, -0.25) is 0 Å². The quantitative estimate of drug-likeness (QED) is 0.563. The highest BCUT2D eigenvalue weighted by Gasteiger charge is 2.21. The molecule has 1 aromatic heterocycles. The van der Waals surface area contributed by atoms with Crippen LogP contribution in [0.2, 0.25) is 10.4 Å². The molecule has 82 valence electrons. The Kier molecular flexibility index (Phi) is 3.44. The van der Waals surface area contributed by atoms with Crippen LogP contribution in [0.3, 0.4) is 0 Å². The van der Waals surface area contributed by atoms with Crippen molar-refractivity contribution >= 4 is 23.2 Å². The molecule has 2 rings (SSSR count). The summed E-state index contributed by atoms with van der Waals surface area (Å²) in [5, 5.41) is 0.723. The molecule has 3 nitrogen and oxygen atoms in total. The molecular weight excluding hydrogens is 233 g/mol. The van der Waals surface area contributed by atoms with E-state index in [1.54, 1.807) is 6.20 Å². The summed E-state index contributed by atoms with van der Waals surface area (Å²) in [7, 11) is 2.14. The number of nitrogens with zero attached hydrogens (tertiary/aromatic N) is 3. The second kappa shape index (κ2) is 4.64. The fourth-order valence-electron chi connectivity index (χ4n) is 1.94. The Morgan fingerprint density at radius 3 is 2.60 bits per heavy atom. The molecule has 2 heterocycles. The minimum atomic E-state index is 0.219. The van der Waals surface area contributed by atoms with Crippen LogP contribution in [0.4, 0.5) is 0 Å². The van der Waals surface area contributed by atoms with E-state index in [1.807, 2.05) is 0 Å². The number of hydrogen-bond acceptors (Lipinski definition) is 3. The molecule has 5 heteroatoms. The molecule has 15 heavy (non-hydrogen) atoms. The van der Waals surface area contributed by atoms with Crippen LogP contribution < -0.4 is 0 Å². The summed E-state index contributed by atoms with van der Waals surface area (Å²) in [5.41, 5.74) is 1.04. The number of aromatic nitrogens is 2.